The van der Waals surface area contributed by atoms with Gasteiger partial charge >= 0.3 is 12.1 Å². The van der Waals surface area contributed by atoms with Crippen molar-refractivity contribution in [3.05, 3.63) is 63.7 Å². The number of nitrogens with one attached hydrogen (secondary N) is 1. The summed E-state index contributed by atoms with van der Waals surface area (Å²) in [5.74, 6) is -0.658. The maximum absolute atomic E-state index is 12.6. The molecule has 0 aliphatic heterocycles. The van der Waals surface area contributed by atoms with Crippen LogP contribution in [0.1, 0.15) is 62.9 Å². The van der Waals surface area contributed by atoms with Crippen LogP contribution in [0.3, 0.4) is 0 Å². The lowest BCUT2D eigenvalue weighted by Crippen LogP contribution is -2.27. The number of hydrogen-bond donors (Lipinski definition) is 1. The highest BCUT2D eigenvalue weighted by molar-refractivity contribution is 5.93. The Labute approximate surface area is 181 Å². The number of carbonyl (C=O) groups excluding carboxylic acids is 2. The molecule has 0 radical (unpaired) electrons. The molecule has 8 nitrogen and oxygen atoms in total. The average molecular weight is 428 g/mol. The third-order valence-electron chi connectivity index (χ3n) is 4.27. The number of amides is 1. The van der Waals surface area contributed by atoms with Gasteiger partial charge in [0, 0.05) is 12.1 Å². The molecule has 0 atom stereocenters. The molecule has 1 N–H and O–H groups in total. The molecule has 0 aromatic heterocycles. The second kappa shape index (κ2) is 10.6. The molecule has 0 aliphatic carbocycles. The van der Waals surface area contributed by atoms with E-state index >= 15 is 0 Å². The molecule has 0 saturated carbocycles. The van der Waals surface area contributed by atoms with Crippen LogP contribution in [0.4, 0.5) is 16.2 Å². The summed E-state index contributed by atoms with van der Waals surface area (Å²) in [6.07, 6.45) is 3.50. The number of rotatable bonds is 8. The highest BCUT2D eigenvalue weighted by Crippen LogP contribution is 2.30. The van der Waals surface area contributed by atoms with Crippen molar-refractivity contribution < 1.29 is 24.0 Å². The third kappa shape index (κ3) is 7.73. The number of aryl methyl sites for hydroxylation is 1. The summed E-state index contributed by atoms with van der Waals surface area (Å²) in [6.45, 7) is 7.20. The van der Waals surface area contributed by atoms with Gasteiger partial charge in [-0.05, 0) is 57.4 Å². The molecule has 8 heteroatoms. The van der Waals surface area contributed by atoms with Crippen molar-refractivity contribution in [2.24, 2.45) is 0 Å². The van der Waals surface area contributed by atoms with Crippen molar-refractivity contribution in [2.75, 3.05) is 5.32 Å². The molecule has 31 heavy (non-hydrogen) atoms. The molecule has 2 aromatic carbocycles. The van der Waals surface area contributed by atoms with Crippen LogP contribution in [0.5, 0.6) is 5.75 Å². The van der Waals surface area contributed by atoms with Crippen molar-refractivity contribution in [3.63, 3.8) is 0 Å². The van der Waals surface area contributed by atoms with Crippen LogP contribution in [0, 0.1) is 10.1 Å². The predicted molar refractivity (Wildman–Crippen MR) is 118 cm³/mol. The Morgan fingerprint density at radius 1 is 1.06 bits per heavy atom. The van der Waals surface area contributed by atoms with Crippen LogP contribution >= 0.6 is 0 Å². The summed E-state index contributed by atoms with van der Waals surface area (Å²) in [7, 11) is 0. The van der Waals surface area contributed by atoms with E-state index in [4.69, 9.17) is 9.47 Å². The minimum atomic E-state index is -0.818. The second-order valence-corrected chi connectivity index (χ2v) is 8.11. The van der Waals surface area contributed by atoms with Gasteiger partial charge in [-0.2, -0.15) is 0 Å². The number of hydrogen-bond acceptors (Lipinski definition) is 6. The zero-order valence-corrected chi connectivity index (χ0v) is 18.3. The minimum absolute atomic E-state index is 0.0199. The number of nitrogens with zero attached hydrogens (tertiary/aromatic N) is 1. The van der Waals surface area contributed by atoms with E-state index in [1.807, 2.05) is 12.1 Å². The topological polar surface area (TPSA) is 108 Å². The maximum atomic E-state index is 12.6. The molecule has 0 fully saturated rings. The van der Waals surface area contributed by atoms with Crippen LogP contribution in [0.25, 0.3) is 0 Å². The number of carbonyl (C=O) groups is 2. The Bertz CT molecular complexity index is 932. The van der Waals surface area contributed by atoms with E-state index in [0.29, 0.717) is 5.56 Å². The molecule has 0 bridgehead atoms. The largest absolute Gasteiger partial charge is 0.444 e. The number of nitro benzene ring substituents is 1. The molecule has 2 aromatic rings. The van der Waals surface area contributed by atoms with Gasteiger partial charge in [-0.15, -0.1) is 0 Å². The van der Waals surface area contributed by atoms with E-state index in [-0.39, 0.29) is 17.1 Å². The van der Waals surface area contributed by atoms with Gasteiger partial charge in [0.05, 0.1) is 16.2 Å². The first-order valence-electron chi connectivity index (χ1n) is 10.2. The molecule has 0 heterocycles. The number of unbranched alkanes of at least 4 members (excludes halogenated alkanes) is 2. The number of esters is 1. The fraction of sp³-hybridized carbons (Fsp3) is 0.391. The van der Waals surface area contributed by atoms with E-state index in [2.05, 4.69) is 12.2 Å². The summed E-state index contributed by atoms with van der Waals surface area (Å²) in [5.41, 5.74) is 0.407. The summed E-state index contributed by atoms with van der Waals surface area (Å²) in [6, 6.07) is 10.7. The fourth-order valence-corrected chi connectivity index (χ4v) is 2.78. The number of nitro groups is 1. The standard InChI is InChI=1S/C23H28N2O6/c1-5-6-7-8-16-9-11-17(12-10-16)21(26)30-20-14-13-18(25(28)29)15-19(20)24-22(27)31-23(2,3)4/h9-15H,5-8H2,1-4H3,(H,24,27). The Kier molecular flexibility index (Phi) is 8.13. The van der Waals surface area contributed by atoms with E-state index in [0.717, 1.165) is 37.3 Å². The van der Waals surface area contributed by atoms with Gasteiger partial charge in [-0.25, -0.2) is 9.59 Å². The normalized spacial score (nSPS) is 11.0. The SMILES string of the molecule is CCCCCc1ccc(C(=O)Oc2ccc([N+](=O)[O-])cc2NC(=O)OC(C)(C)C)cc1. The molecular formula is C23H28N2O6. The molecule has 0 saturated heterocycles. The van der Waals surface area contributed by atoms with Gasteiger partial charge in [-0.1, -0.05) is 31.9 Å². The lowest BCUT2D eigenvalue weighted by molar-refractivity contribution is -0.384. The van der Waals surface area contributed by atoms with Crippen molar-refractivity contribution >= 4 is 23.4 Å². The van der Waals surface area contributed by atoms with Crippen molar-refractivity contribution in [3.8, 4) is 5.75 Å². The number of ether oxygens (including phenoxy) is 2. The van der Waals surface area contributed by atoms with Gasteiger partial charge in [-0.3, -0.25) is 15.4 Å². The molecule has 0 unspecified atom stereocenters. The van der Waals surface area contributed by atoms with Crippen LogP contribution in [-0.4, -0.2) is 22.6 Å². The van der Waals surface area contributed by atoms with Crippen LogP contribution in [0.2, 0.25) is 0 Å². The molecule has 0 aliphatic rings. The van der Waals surface area contributed by atoms with E-state index in [1.165, 1.54) is 12.1 Å². The van der Waals surface area contributed by atoms with E-state index in [9.17, 15) is 19.7 Å². The van der Waals surface area contributed by atoms with Gasteiger partial charge < -0.3 is 9.47 Å². The minimum Gasteiger partial charge on any atom is -0.444 e. The molecule has 2 rings (SSSR count). The monoisotopic (exact) mass is 428 g/mol. The molecule has 1 amide bonds. The highest BCUT2D eigenvalue weighted by Gasteiger charge is 2.21. The summed E-state index contributed by atoms with van der Waals surface area (Å²) in [5, 5.41) is 13.5. The second-order valence-electron chi connectivity index (χ2n) is 8.11. The summed E-state index contributed by atoms with van der Waals surface area (Å²) in [4.78, 5) is 35.2. The van der Waals surface area contributed by atoms with Crippen LogP contribution < -0.4 is 10.1 Å². The van der Waals surface area contributed by atoms with Gasteiger partial charge in [0.1, 0.15) is 5.60 Å². The summed E-state index contributed by atoms with van der Waals surface area (Å²) >= 11 is 0. The van der Waals surface area contributed by atoms with E-state index < -0.39 is 22.6 Å². The van der Waals surface area contributed by atoms with Gasteiger partial charge in [0.15, 0.2) is 5.75 Å². The lowest BCUT2D eigenvalue weighted by atomic mass is 10.1. The first kappa shape index (κ1) is 23.9. The first-order valence-corrected chi connectivity index (χ1v) is 10.2. The predicted octanol–water partition coefficient (Wildman–Crippen LogP) is 5.89. The molecule has 0 spiro atoms. The Morgan fingerprint density at radius 3 is 2.32 bits per heavy atom. The molecule has 166 valence electrons. The Morgan fingerprint density at radius 2 is 1.74 bits per heavy atom. The molecular weight excluding hydrogens is 400 g/mol. The maximum Gasteiger partial charge on any atom is 0.412 e. The third-order valence-corrected chi connectivity index (χ3v) is 4.27. The Balaban J connectivity index is 2.17. The van der Waals surface area contributed by atoms with Crippen molar-refractivity contribution in [1.82, 2.24) is 0 Å². The van der Waals surface area contributed by atoms with Crippen molar-refractivity contribution in [1.29, 1.82) is 0 Å². The highest BCUT2D eigenvalue weighted by atomic mass is 16.6. The van der Waals surface area contributed by atoms with Crippen LogP contribution in [0.15, 0.2) is 42.5 Å². The average Bonchev–Trinajstić information content (AvgIpc) is 2.68. The van der Waals surface area contributed by atoms with Crippen molar-refractivity contribution in [2.45, 2.75) is 59.0 Å². The zero-order valence-electron chi connectivity index (χ0n) is 18.3. The van der Waals surface area contributed by atoms with Crippen LogP contribution in [-0.2, 0) is 11.2 Å². The smallest absolute Gasteiger partial charge is 0.412 e. The number of non-ortho nitro benzene ring substituents is 1. The number of anilines is 1. The summed E-state index contributed by atoms with van der Waals surface area (Å²) < 4.78 is 10.6. The first-order chi connectivity index (χ1) is 14.6. The number of benzene rings is 2. The van der Waals surface area contributed by atoms with Gasteiger partial charge in [0.25, 0.3) is 5.69 Å². The fourth-order valence-electron chi connectivity index (χ4n) is 2.78. The quantitative estimate of drug-likeness (QED) is 0.185. The van der Waals surface area contributed by atoms with E-state index in [1.54, 1.807) is 32.9 Å². The zero-order chi connectivity index (χ0) is 23.0. The lowest BCUT2D eigenvalue weighted by Gasteiger charge is -2.20. The van der Waals surface area contributed by atoms with Gasteiger partial charge in [0.2, 0.25) is 0 Å². The Hall–Kier alpha value is -3.42.